The molecule has 0 spiro atoms. The minimum absolute atomic E-state index is 0.0328. The molecule has 26 heavy (non-hydrogen) atoms. The number of carboxylic acids is 1. The number of carbonyl (C=O) groups is 2. The number of carbonyl (C=O) groups excluding carboxylic acids is 1. The molecule has 0 bridgehead atoms. The van der Waals surface area contributed by atoms with E-state index < -0.39 is 27.9 Å². The third kappa shape index (κ3) is 4.26. The molecule has 0 aliphatic carbocycles. The minimum atomic E-state index is -3.95. The zero-order chi connectivity index (χ0) is 19.6. The monoisotopic (exact) mass is 384 g/mol. The smallest absolute Gasteiger partial charge is 0.325 e. The first-order valence-corrected chi connectivity index (χ1v) is 9.08. The lowest BCUT2D eigenvalue weighted by atomic mass is 10.3. The SMILES string of the molecule is Cc1nn(C)c(C)c1S(=O)(=O)NC(C)C(=O)Nc1ccn(CC(=O)O)n1. The Bertz CT molecular complexity index is 945. The summed E-state index contributed by atoms with van der Waals surface area (Å²) in [6.45, 7) is 4.23. The summed E-state index contributed by atoms with van der Waals surface area (Å²) in [4.78, 5) is 22.9. The van der Waals surface area contributed by atoms with Gasteiger partial charge in [0.25, 0.3) is 0 Å². The highest BCUT2D eigenvalue weighted by atomic mass is 32.2. The summed E-state index contributed by atoms with van der Waals surface area (Å²) in [5.74, 6) is -1.58. The van der Waals surface area contributed by atoms with Crippen molar-refractivity contribution in [3.63, 3.8) is 0 Å². The van der Waals surface area contributed by atoms with Crippen molar-refractivity contribution in [2.45, 2.75) is 38.3 Å². The number of rotatable bonds is 7. The highest BCUT2D eigenvalue weighted by molar-refractivity contribution is 7.89. The number of nitrogens with one attached hydrogen (secondary N) is 2. The van der Waals surface area contributed by atoms with Crippen molar-refractivity contribution in [1.29, 1.82) is 0 Å². The van der Waals surface area contributed by atoms with Gasteiger partial charge in [0.1, 0.15) is 11.4 Å². The fraction of sp³-hybridized carbons (Fsp3) is 0.429. The van der Waals surface area contributed by atoms with E-state index in [2.05, 4.69) is 20.2 Å². The molecule has 0 aliphatic rings. The molecular weight excluding hydrogens is 364 g/mol. The Kier molecular flexibility index (Phi) is 5.47. The fourth-order valence-electron chi connectivity index (χ4n) is 2.38. The van der Waals surface area contributed by atoms with Crippen molar-refractivity contribution in [2.24, 2.45) is 7.05 Å². The fourth-order valence-corrected chi connectivity index (χ4v) is 4.02. The molecule has 1 unspecified atom stereocenters. The summed E-state index contributed by atoms with van der Waals surface area (Å²) < 4.78 is 30.0. The number of nitrogens with zero attached hydrogens (tertiary/aromatic N) is 4. The zero-order valence-corrected chi connectivity index (χ0v) is 15.5. The second-order valence-electron chi connectivity index (χ2n) is 5.75. The Hall–Kier alpha value is -2.73. The first kappa shape index (κ1) is 19.6. The molecule has 0 radical (unpaired) electrons. The quantitative estimate of drug-likeness (QED) is 0.589. The predicted octanol–water partition coefficient (Wildman–Crippen LogP) is -0.376. The number of aliphatic carboxylic acids is 1. The second-order valence-corrected chi connectivity index (χ2v) is 7.40. The van der Waals surface area contributed by atoms with Gasteiger partial charge in [0, 0.05) is 19.3 Å². The van der Waals surface area contributed by atoms with E-state index in [0.29, 0.717) is 11.4 Å². The van der Waals surface area contributed by atoms with Crippen LogP contribution in [0.25, 0.3) is 0 Å². The lowest BCUT2D eigenvalue weighted by Gasteiger charge is -2.13. The van der Waals surface area contributed by atoms with Crippen LogP contribution >= 0.6 is 0 Å². The van der Waals surface area contributed by atoms with Crippen LogP contribution in [0.4, 0.5) is 5.82 Å². The van der Waals surface area contributed by atoms with E-state index in [1.165, 1.54) is 23.9 Å². The lowest BCUT2D eigenvalue weighted by molar-refractivity contribution is -0.137. The highest BCUT2D eigenvalue weighted by Gasteiger charge is 2.28. The van der Waals surface area contributed by atoms with Gasteiger partial charge in [-0.3, -0.25) is 19.0 Å². The third-order valence-electron chi connectivity index (χ3n) is 3.63. The standard InChI is InChI=1S/C14H20N6O5S/c1-8-13(10(3)19(4)16-8)26(24,25)18-9(2)14(23)15-11-5-6-20(17-11)7-12(21)22/h5-6,9,18H,7H2,1-4H3,(H,21,22)(H,15,17,23). The van der Waals surface area contributed by atoms with Crippen LogP contribution in [0.1, 0.15) is 18.3 Å². The Morgan fingerprint density at radius 1 is 1.31 bits per heavy atom. The Morgan fingerprint density at radius 3 is 2.50 bits per heavy atom. The molecule has 1 atom stereocenters. The van der Waals surface area contributed by atoms with Crippen LogP contribution in [-0.4, -0.2) is 51.0 Å². The van der Waals surface area contributed by atoms with Crippen molar-refractivity contribution < 1.29 is 23.1 Å². The number of amides is 1. The normalized spacial score (nSPS) is 12.8. The van der Waals surface area contributed by atoms with Crippen LogP contribution in [0.3, 0.4) is 0 Å². The summed E-state index contributed by atoms with van der Waals surface area (Å²) in [5, 5.41) is 19.1. The molecule has 2 heterocycles. The van der Waals surface area contributed by atoms with Gasteiger partial charge in [-0.05, 0) is 20.8 Å². The van der Waals surface area contributed by atoms with Gasteiger partial charge in [-0.2, -0.15) is 14.9 Å². The Balaban J connectivity index is 2.08. The molecule has 0 saturated carbocycles. The number of sulfonamides is 1. The number of aryl methyl sites for hydroxylation is 2. The van der Waals surface area contributed by atoms with Crippen LogP contribution < -0.4 is 10.0 Å². The van der Waals surface area contributed by atoms with Crippen molar-refractivity contribution in [3.05, 3.63) is 23.7 Å². The van der Waals surface area contributed by atoms with E-state index in [0.717, 1.165) is 4.68 Å². The topological polar surface area (TPSA) is 148 Å². The van der Waals surface area contributed by atoms with Gasteiger partial charge in [0.2, 0.25) is 15.9 Å². The zero-order valence-electron chi connectivity index (χ0n) is 14.7. The van der Waals surface area contributed by atoms with Gasteiger partial charge in [0.05, 0.1) is 17.4 Å². The Labute approximate surface area is 150 Å². The maximum atomic E-state index is 12.6. The summed E-state index contributed by atoms with van der Waals surface area (Å²) >= 11 is 0. The first-order chi connectivity index (χ1) is 12.0. The maximum Gasteiger partial charge on any atom is 0.325 e. The average molecular weight is 384 g/mol. The first-order valence-electron chi connectivity index (χ1n) is 7.60. The molecule has 3 N–H and O–H groups in total. The van der Waals surface area contributed by atoms with E-state index in [9.17, 15) is 18.0 Å². The number of hydrogen-bond acceptors (Lipinski definition) is 6. The predicted molar refractivity (Wildman–Crippen MR) is 91.0 cm³/mol. The summed E-state index contributed by atoms with van der Waals surface area (Å²) in [7, 11) is -2.32. The number of hydrogen-bond donors (Lipinski definition) is 3. The van der Waals surface area contributed by atoms with Crippen LogP contribution in [-0.2, 0) is 33.2 Å². The van der Waals surface area contributed by atoms with E-state index in [1.807, 2.05) is 0 Å². The Morgan fingerprint density at radius 2 is 1.96 bits per heavy atom. The molecule has 12 heteroatoms. The minimum Gasteiger partial charge on any atom is -0.480 e. The van der Waals surface area contributed by atoms with Crippen LogP contribution in [0.15, 0.2) is 17.2 Å². The number of aromatic nitrogens is 4. The third-order valence-corrected chi connectivity index (χ3v) is 5.42. The number of carboxylic acid groups (broad SMARTS) is 1. The van der Waals surface area contributed by atoms with E-state index in [1.54, 1.807) is 20.9 Å². The van der Waals surface area contributed by atoms with Gasteiger partial charge >= 0.3 is 5.97 Å². The molecule has 0 aromatic carbocycles. The second kappa shape index (κ2) is 7.25. The van der Waals surface area contributed by atoms with Gasteiger partial charge in [-0.1, -0.05) is 0 Å². The molecule has 2 aromatic rings. The average Bonchev–Trinajstić information content (AvgIpc) is 3.02. The molecule has 0 fully saturated rings. The summed E-state index contributed by atoms with van der Waals surface area (Å²) in [6, 6.07) is 0.334. The molecule has 1 amide bonds. The van der Waals surface area contributed by atoms with E-state index in [4.69, 9.17) is 5.11 Å². The largest absolute Gasteiger partial charge is 0.480 e. The molecular formula is C14H20N6O5S. The van der Waals surface area contributed by atoms with Gasteiger partial charge in [-0.15, -0.1) is 0 Å². The van der Waals surface area contributed by atoms with Crippen molar-refractivity contribution in [2.75, 3.05) is 5.32 Å². The summed E-state index contributed by atoms with van der Waals surface area (Å²) in [6.07, 6.45) is 1.39. The lowest BCUT2D eigenvalue weighted by Crippen LogP contribution is -2.41. The van der Waals surface area contributed by atoms with Crippen LogP contribution in [0.5, 0.6) is 0 Å². The van der Waals surface area contributed by atoms with Gasteiger partial charge in [0.15, 0.2) is 5.82 Å². The van der Waals surface area contributed by atoms with Crippen molar-refractivity contribution >= 4 is 27.7 Å². The highest BCUT2D eigenvalue weighted by Crippen LogP contribution is 2.18. The van der Waals surface area contributed by atoms with Crippen molar-refractivity contribution in [3.8, 4) is 0 Å². The van der Waals surface area contributed by atoms with E-state index >= 15 is 0 Å². The van der Waals surface area contributed by atoms with Gasteiger partial charge in [-0.25, -0.2) is 8.42 Å². The molecule has 0 saturated heterocycles. The maximum absolute atomic E-state index is 12.6. The molecule has 2 aromatic heterocycles. The number of anilines is 1. The molecule has 11 nitrogen and oxygen atoms in total. The molecule has 2 rings (SSSR count). The molecule has 0 aliphatic heterocycles. The summed E-state index contributed by atoms with van der Waals surface area (Å²) in [5.41, 5.74) is 0.785. The van der Waals surface area contributed by atoms with E-state index in [-0.39, 0.29) is 17.3 Å². The van der Waals surface area contributed by atoms with Crippen LogP contribution in [0, 0.1) is 13.8 Å². The van der Waals surface area contributed by atoms with Crippen LogP contribution in [0.2, 0.25) is 0 Å². The van der Waals surface area contributed by atoms with Gasteiger partial charge < -0.3 is 10.4 Å². The molecule has 142 valence electrons. The van der Waals surface area contributed by atoms with Crippen molar-refractivity contribution in [1.82, 2.24) is 24.3 Å².